The fraction of sp³-hybridized carbons (Fsp3) is 0.250. The molecule has 0 N–H and O–H groups in total. The number of hydrogen-bond donors (Lipinski definition) is 0. The lowest BCUT2D eigenvalue weighted by molar-refractivity contribution is 0.511. The lowest BCUT2D eigenvalue weighted by Gasteiger charge is -2.46. The molecule has 0 heterocycles. The van der Waals surface area contributed by atoms with Crippen LogP contribution in [-0.4, -0.2) is 5.66 Å². The van der Waals surface area contributed by atoms with Gasteiger partial charge in [0.05, 0.1) is 0 Å². The maximum absolute atomic E-state index is 2.38. The van der Waals surface area contributed by atoms with E-state index in [-0.39, 0.29) is 0 Å². The Morgan fingerprint density at radius 3 is 1.20 bits per heavy atom. The van der Waals surface area contributed by atoms with Gasteiger partial charge in [0.15, 0.2) is 0 Å². The highest BCUT2D eigenvalue weighted by atomic mass is 31.2. The van der Waals surface area contributed by atoms with Crippen LogP contribution < -0.4 is 15.9 Å². The van der Waals surface area contributed by atoms with Crippen molar-refractivity contribution in [1.82, 2.24) is 0 Å². The molecule has 25 heavy (non-hydrogen) atoms. The zero-order chi connectivity index (χ0) is 17.0. The van der Waals surface area contributed by atoms with Crippen molar-refractivity contribution in [2.45, 2.75) is 37.8 Å². The molecule has 0 aliphatic heterocycles. The van der Waals surface area contributed by atoms with Crippen LogP contribution in [0.3, 0.4) is 0 Å². The minimum Gasteiger partial charge on any atom is -0.0622 e. The number of hydrogen-bond acceptors (Lipinski definition) is 0. The van der Waals surface area contributed by atoms with Gasteiger partial charge in [0.2, 0.25) is 0 Å². The van der Waals surface area contributed by atoms with Crippen LogP contribution in [-0.2, 0) is 0 Å². The maximum atomic E-state index is 2.38. The van der Waals surface area contributed by atoms with Crippen molar-refractivity contribution in [2.24, 2.45) is 0 Å². The van der Waals surface area contributed by atoms with Gasteiger partial charge in [-0.3, -0.25) is 0 Å². The van der Waals surface area contributed by atoms with Crippen molar-refractivity contribution in [2.75, 3.05) is 0 Å². The first-order chi connectivity index (χ1) is 12.4. The lowest BCUT2D eigenvalue weighted by Crippen LogP contribution is -2.39. The van der Waals surface area contributed by atoms with Crippen molar-refractivity contribution in [1.29, 1.82) is 0 Å². The minimum atomic E-state index is -1.63. The zero-order valence-corrected chi connectivity index (χ0v) is 15.6. The molecule has 1 saturated carbocycles. The van der Waals surface area contributed by atoms with E-state index in [1.165, 1.54) is 32.1 Å². The topological polar surface area (TPSA) is 0 Å². The third kappa shape index (κ3) is 3.05. The van der Waals surface area contributed by atoms with Crippen LogP contribution in [0.4, 0.5) is 0 Å². The van der Waals surface area contributed by atoms with Crippen molar-refractivity contribution in [3.05, 3.63) is 91.0 Å². The molecule has 1 heteroatoms. The van der Waals surface area contributed by atoms with Gasteiger partial charge < -0.3 is 0 Å². The Bertz CT molecular complexity index is 677. The molecule has 0 nitrogen and oxygen atoms in total. The SMILES string of the molecule is c1ccc([P](c2ccccc2)(c2ccccc2)C2CCCCC2)cc1. The molecule has 3 aromatic rings. The molecule has 1 fully saturated rings. The Balaban J connectivity index is 2.01. The number of benzene rings is 3. The fourth-order valence-electron chi connectivity index (χ4n) is 4.54. The van der Waals surface area contributed by atoms with Gasteiger partial charge in [-0.2, -0.15) is 0 Å². The van der Waals surface area contributed by atoms with E-state index in [0.717, 1.165) is 5.66 Å². The predicted octanol–water partition coefficient (Wildman–Crippen LogP) is 5.31. The average Bonchev–Trinajstić information content (AvgIpc) is 2.72. The second-order valence-corrected chi connectivity index (χ2v) is 10.7. The van der Waals surface area contributed by atoms with Gasteiger partial charge in [-0.15, -0.1) is 0 Å². The molecule has 0 amide bonds. The van der Waals surface area contributed by atoms with Gasteiger partial charge >= 0.3 is 0 Å². The van der Waals surface area contributed by atoms with E-state index in [1.807, 2.05) is 0 Å². The fourth-order valence-corrected chi connectivity index (χ4v) is 9.76. The largest absolute Gasteiger partial charge is 0.0622 e. The van der Waals surface area contributed by atoms with Crippen LogP contribution in [0, 0.1) is 0 Å². The summed E-state index contributed by atoms with van der Waals surface area (Å²) in [6.07, 6.45) is 6.85. The summed E-state index contributed by atoms with van der Waals surface area (Å²) in [5, 5.41) is 4.62. The maximum Gasteiger partial charge on any atom is -0.0130 e. The standard InChI is InChI=1S/C24H26P/c1-5-13-21(14-6-1)25(22-15-7-2-8-16-22,23-17-9-3-10-18-23)24-19-11-4-12-20-24/h1-3,5-10,13-18,24H,4,11-12,19-20H2. The summed E-state index contributed by atoms with van der Waals surface area (Å²) < 4.78 is 0. The first-order valence-corrected chi connectivity index (χ1v) is 11.3. The second-order valence-electron chi connectivity index (χ2n) is 7.02. The molecular formula is C24H26P. The highest BCUT2D eigenvalue weighted by Gasteiger charge is 2.41. The third-order valence-electron chi connectivity index (χ3n) is 5.61. The third-order valence-corrected chi connectivity index (χ3v) is 10.6. The monoisotopic (exact) mass is 345 g/mol. The molecule has 0 aromatic heterocycles. The summed E-state index contributed by atoms with van der Waals surface area (Å²) in [5.74, 6) is 0. The molecule has 1 radical (unpaired) electrons. The van der Waals surface area contributed by atoms with E-state index in [0.29, 0.717) is 0 Å². The number of rotatable bonds is 4. The van der Waals surface area contributed by atoms with Gasteiger partial charge in [-0.25, -0.2) is 0 Å². The summed E-state index contributed by atoms with van der Waals surface area (Å²) >= 11 is 0. The Hall–Kier alpha value is -1.91. The molecule has 0 unspecified atom stereocenters. The van der Waals surface area contributed by atoms with E-state index >= 15 is 0 Å². The molecule has 3 aromatic carbocycles. The van der Waals surface area contributed by atoms with Gasteiger partial charge in [0.25, 0.3) is 0 Å². The van der Waals surface area contributed by atoms with Gasteiger partial charge in [-0.1, -0.05) is 110 Å². The normalized spacial score (nSPS) is 15.8. The summed E-state index contributed by atoms with van der Waals surface area (Å²) in [7, 11) is -1.63. The van der Waals surface area contributed by atoms with E-state index in [2.05, 4.69) is 91.0 Å². The summed E-state index contributed by atoms with van der Waals surface area (Å²) in [6.45, 7) is 0. The van der Waals surface area contributed by atoms with Crippen LogP contribution in [0.2, 0.25) is 0 Å². The Labute approximate surface area is 152 Å². The summed E-state index contributed by atoms with van der Waals surface area (Å²) in [4.78, 5) is 0. The van der Waals surface area contributed by atoms with Crippen molar-refractivity contribution >= 4 is 23.2 Å². The van der Waals surface area contributed by atoms with Gasteiger partial charge in [-0.05, 0) is 41.7 Å². The Kier molecular flexibility index (Phi) is 4.99. The molecule has 0 spiro atoms. The van der Waals surface area contributed by atoms with Gasteiger partial charge in [0, 0.05) is 0 Å². The van der Waals surface area contributed by atoms with Crippen LogP contribution in [0.25, 0.3) is 0 Å². The first kappa shape index (κ1) is 16.6. The predicted molar refractivity (Wildman–Crippen MR) is 112 cm³/mol. The second kappa shape index (κ2) is 7.54. The van der Waals surface area contributed by atoms with E-state index in [9.17, 15) is 0 Å². The van der Waals surface area contributed by atoms with Crippen LogP contribution >= 0.6 is 7.26 Å². The highest BCUT2D eigenvalue weighted by molar-refractivity contribution is 7.96. The van der Waals surface area contributed by atoms with E-state index in [4.69, 9.17) is 0 Å². The Morgan fingerprint density at radius 1 is 0.480 bits per heavy atom. The Morgan fingerprint density at radius 2 is 0.840 bits per heavy atom. The summed E-state index contributed by atoms with van der Waals surface area (Å²) in [6, 6.07) is 34.0. The highest BCUT2D eigenvalue weighted by Crippen LogP contribution is 2.63. The molecule has 0 bridgehead atoms. The van der Waals surface area contributed by atoms with Crippen LogP contribution in [0.1, 0.15) is 32.1 Å². The zero-order valence-electron chi connectivity index (χ0n) is 14.7. The van der Waals surface area contributed by atoms with E-state index in [1.54, 1.807) is 15.9 Å². The van der Waals surface area contributed by atoms with Crippen molar-refractivity contribution in [3.8, 4) is 0 Å². The first-order valence-electron chi connectivity index (χ1n) is 9.48. The van der Waals surface area contributed by atoms with Crippen molar-refractivity contribution < 1.29 is 0 Å². The smallest absolute Gasteiger partial charge is 0.0130 e. The quantitative estimate of drug-likeness (QED) is 0.562. The minimum absolute atomic E-state index is 0.758. The molecule has 4 rings (SSSR count). The van der Waals surface area contributed by atoms with Crippen molar-refractivity contribution in [3.63, 3.8) is 0 Å². The van der Waals surface area contributed by atoms with Crippen LogP contribution in [0.5, 0.6) is 0 Å². The van der Waals surface area contributed by atoms with Crippen LogP contribution in [0.15, 0.2) is 91.0 Å². The molecular weight excluding hydrogens is 319 g/mol. The molecule has 1 aliphatic carbocycles. The average molecular weight is 345 g/mol. The van der Waals surface area contributed by atoms with Gasteiger partial charge in [0.1, 0.15) is 0 Å². The summed E-state index contributed by atoms with van der Waals surface area (Å²) in [5.41, 5.74) is 0.758. The molecule has 1 aliphatic rings. The lowest BCUT2D eigenvalue weighted by atomic mass is 10.0. The molecule has 127 valence electrons. The molecule has 0 saturated heterocycles. The van der Waals surface area contributed by atoms with E-state index < -0.39 is 7.26 Å². The molecule has 0 atom stereocenters.